The Morgan fingerprint density at radius 2 is 1.88 bits per heavy atom. The average Bonchev–Trinajstić information content (AvgIpc) is 3.19. The van der Waals surface area contributed by atoms with E-state index in [9.17, 15) is 0 Å². The first-order valence-corrected chi connectivity index (χ1v) is 8.96. The van der Waals surface area contributed by atoms with Gasteiger partial charge in [-0.15, -0.1) is 0 Å². The molecule has 3 rings (SSSR count). The predicted molar refractivity (Wildman–Crippen MR) is 105 cm³/mol. The number of guanidine groups is 1. The van der Waals surface area contributed by atoms with Gasteiger partial charge in [-0.05, 0) is 29.7 Å². The van der Waals surface area contributed by atoms with Crippen LogP contribution >= 0.6 is 0 Å². The summed E-state index contributed by atoms with van der Waals surface area (Å²) in [7, 11) is 5.14. The second kappa shape index (κ2) is 8.61. The third-order valence-corrected chi connectivity index (χ3v) is 4.87. The fraction of sp³-hybridized carbons (Fsp3) is 0.381. The average molecular weight is 353 g/mol. The summed E-state index contributed by atoms with van der Waals surface area (Å²) in [6.45, 7) is 2.71. The summed E-state index contributed by atoms with van der Waals surface area (Å²) in [4.78, 5) is 6.80. The third-order valence-electron chi connectivity index (χ3n) is 4.87. The normalized spacial score (nSPS) is 17.3. The van der Waals surface area contributed by atoms with E-state index < -0.39 is 0 Å². The van der Waals surface area contributed by atoms with Gasteiger partial charge in [0.25, 0.3) is 0 Å². The molecule has 1 heterocycles. The molecule has 5 heteroatoms. The molecule has 2 aromatic rings. The highest BCUT2D eigenvalue weighted by atomic mass is 16.5. The van der Waals surface area contributed by atoms with Gasteiger partial charge >= 0.3 is 0 Å². The molecule has 1 fully saturated rings. The van der Waals surface area contributed by atoms with Gasteiger partial charge in [0.2, 0.25) is 0 Å². The molecule has 1 aliphatic heterocycles. The third kappa shape index (κ3) is 4.10. The molecule has 1 saturated heterocycles. The zero-order chi connectivity index (χ0) is 18.4. The zero-order valence-corrected chi connectivity index (χ0v) is 15.7. The fourth-order valence-electron chi connectivity index (χ4n) is 3.45. The first kappa shape index (κ1) is 18.1. The zero-order valence-electron chi connectivity index (χ0n) is 15.7. The highest BCUT2D eigenvalue weighted by Gasteiger charge is 2.25. The standard InChI is InChI=1S/C21H27N3O2/c1-22-21(23-14-16-9-10-19(25-2)20(13-16)26-3)24-12-11-18(15-24)17-7-5-4-6-8-17/h4-10,13,18H,11-12,14-15H2,1-3H3,(H,22,23). The van der Waals surface area contributed by atoms with Crippen LogP contribution in [0.5, 0.6) is 11.5 Å². The Morgan fingerprint density at radius 1 is 1.12 bits per heavy atom. The number of nitrogens with one attached hydrogen (secondary N) is 1. The largest absolute Gasteiger partial charge is 0.493 e. The number of hydrogen-bond acceptors (Lipinski definition) is 3. The van der Waals surface area contributed by atoms with Crippen LogP contribution in [0.4, 0.5) is 0 Å². The second-order valence-corrected chi connectivity index (χ2v) is 6.43. The summed E-state index contributed by atoms with van der Waals surface area (Å²) >= 11 is 0. The number of rotatable bonds is 5. The topological polar surface area (TPSA) is 46.1 Å². The minimum absolute atomic E-state index is 0.566. The summed E-state index contributed by atoms with van der Waals surface area (Å²) in [5, 5.41) is 3.47. The molecule has 0 aromatic heterocycles. The molecule has 0 amide bonds. The van der Waals surface area contributed by atoms with E-state index in [4.69, 9.17) is 9.47 Å². The van der Waals surface area contributed by atoms with Crippen LogP contribution in [0.15, 0.2) is 53.5 Å². The minimum Gasteiger partial charge on any atom is -0.493 e. The maximum absolute atomic E-state index is 5.38. The van der Waals surface area contributed by atoms with E-state index in [1.165, 1.54) is 5.56 Å². The number of nitrogens with zero attached hydrogens (tertiary/aromatic N) is 2. The van der Waals surface area contributed by atoms with Crippen molar-refractivity contribution >= 4 is 5.96 Å². The molecule has 1 unspecified atom stereocenters. The van der Waals surface area contributed by atoms with Crippen molar-refractivity contribution in [2.24, 2.45) is 4.99 Å². The SMILES string of the molecule is CN=C(NCc1ccc(OC)c(OC)c1)N1CCC(c2ccccc2)C1. The van der Waals surface area contributed by atoms with Crippen molar-refractivity contribution in [3.63, 3.8) is 0 Å². The van der Waals surface area contributed by atoms with E-state index in [-0.39, 0.29) is 0 Å². The van der Waals surface area contributed by atoms with E-state index in [0.29, 0.717) is 12.5 Å². The molecule has 5 nitrogen and oxygen atoms in total. The van der Waals surface area contributed by atoms with Crippen molar-refractivity contribution < 1.29 is 9.47 Å². The molecular weight excluding hydrogens is 326 g/mol. The Bertz CT molecular complexity index is 746. The van der Waals surface area contributed by atoms with Crippen LogP contribution in [-0.2, 0) is 6.54 Å². The van der Waals surface area contributed by atoms with Crippen molar-refractivity contribution in [1.82, 2.24) is 10.2 Å². The van der Waals surface area contributed by atoms with Crippen molar-refractivity contribution in [2.45, 2.75) is 18.9 Å². The first-order valence-electron chi connectivity index (χ1n) is 8.96. The Kier molecular flexibility index (Phi) is 6.00. The quantitative estimate of drug-likeness (QED) is 0.662. The van der Waals surface area contributed by atoms with Crippen molar-refractivity contribution in [3.05, 3.63) is 59.7 Å². The number of likely N-dealkylation sites (tertiary alicyclic amines) is 1. The van der Waals surface area contributed by atoms with Gasteiger partial charge in [0.1, 0.15) is 0 Å². The van der Waals surface area contributed by atoms with Crippen LogP contribution in [0.2, 0.25) is 0 Å². The molecule has 0 saturated carbocycles. The monoisotopic (exact) mass is 353 g/mol. The highest BCUT2D eigenvalue weighted by molar-refractivity contribution is 5.80. The second-order valence-electron chi connectivity index (χ2n) is 6.43. The minimum atomic E-state index is 0.566. The Hall–Kier alpha value is -2.69. The predicted octanol–water partition coefficient (Wildman–Crippen LogP) is 3.27. The smallest absolute Gasteiger partial charge is 0.193 e. The maximum Gasteiger partial charge on any atom is 0.193 e. The van der Waals surface area contributed by atoms with E-state index in [1.807, 2.05) is 25.2 Å². The van der Waals surface area contributed by atoms with Crippen LogP contribution in [0.3, 0.4) is 0 Å². The van der Waals surface area contributed by atoms with Gasteiger partial charge in [-0.3, -0.25) is 4.99 Å². The van der Waals surface area contributed by atoms with Crippen molar-refractivity contribution in [1.29, 1.82) is 0 Å². The fourth-order valence-corrected chi connectivity index (χ4v) is 3.45. The molecule has 1 aliphatic rings. The molecule has 138 valence electrons. The highest BCUT2D eigenvalue weighted by Crippen LogP contribution is 2.28. The van der Waals surface area contributed by atoms with E-state index >= 15 is 0 Å². The van der Waals surface area contributed by atoms with Crippen LogP contribution in [0, 0.1) is 0 Å². The number of aliphatic imine (C=N–C) groups is 1. The molecule has 26 heavy (non-hydrogen) atoms. The van der Waals surface area contributed by atoms with E-state index in [2.05, 4.69) is 45.5 Å². The molecular formula is C21H27N3O2. The summed E-state index contributed by atoms with van der Waals surface area (Å²) in [6, 6.07) is 16.7. The molecule has 0 radical (unpaired) electrons. The molecule has 1 atom stereocenters. The lowest BCUT2D eigenvalue weighted by atomic mass is 9.99. The summed E-state index contributed by atoms with van der Waals surface area (Å²) < 4.78 is 10.7. The van der Waals surface area contributed by atoms with Gasteiger partial charge in [-0.2, -0.15) is 0 Å². The van der Waals surface area contributed by atoms with Crippen molar-refractivity contribution in [2.75, 3.05) is 34.4 Å². The Balaban J connectivity index is 1.60. The Morgan fingerprint density at radius 3 is 2.58 bits per heavy atom. The lowest BCUT2D eigenvalue weighted by Gasteiger charge is -2.22. The summed E-state index contributed by atoms with van der Waals surface area (Å²) in [6.07, 6.45) is 1.15. The summed E-state index contributed by atoms with van der Waals surface area (Å²) in [5.41, 5.74) is 2.54. The van der Waals surface area contributed by atoms with Crippen LogP contribution in [0.1, 0.15) is 23.5 Å². The lowest BCUT2D eigenvalue weighted by Crippen LogP contribution is -2.39. The number of ether oxygens (including phenoxy) is 2. The first-order chi connectivity index (χ1) is 12.7. The maximum atomic E-state index is 5.38. The van der Waals surface area contributed by atoms with E-state index in [1.54, 1.807) is 14.2 Å². The molecule has 0 spiro atoms. The van der Waals surface area contributed by atoms with Gasteiger partial charge in [0.15, 0.2) is 17.5 Å². The van der Waals surface area contributed by atoms with Gasteiger partial charge in [-0.25, -0.2) is 0 Å². The van der Waals surface area contributed by atoms with Crippen LogP contribution in [0.25, 0.3) is 0 Å². The molecule has 2 aromatic carbocycles. The van der Waals surface area contributed by atoms with Crippen LogP contribution < -0.4 is 14.8 Å². The van der Waals surface area contributed by atoms with Gasteiger partial charge < -0.3 is 19.7 Å². The summed E-state index contributed by atoms with van der Waals surface area (Å²) in [5.74, 6) is 2.99. The lowest BCUT2D eigenvalue weighted by molar-refractivity contribution is 0.354. The van der Waals surface area contributed by atoms with E-state index in [0.717, 1.165) is 42.5 Å². The molecule has 0 aliphatic carbocycles. The number of hydrogen-bond donors (Lipinski definition) is 1. The van der Waals surface area contributed by atoms with Crippen molar-refractivity contribution in [3.8, 4) is 11.5 Å². The number of benzene rings is 2. The van der Waals surface area contributed by atoms with Crippen LogP contribution in [-0.4, -0.2) is 45.2 Å². The molecule has 1 N–H and O–H groups in total. The van der Waals surface area contributed by atoms with Gasteiger partial charge in [-0.1, -0.05) is 36.4 Å². The van der Waals surface area contributed by atoms with Gasteiger partial charge in [0, 0.05) is 32.6 Å². The number of methoxy groups -OCH3 is 2. The molecule has 0 bridgehead atoms. The van der Waals surface area contributed by atoms with Gasteiger partial charge in [0.05, 0.1) is 14.2 Å². The Labute approximate surface area is 155 Å².